The third kappa shape index (κ3) is 2.79. The first-order chi connectivity index (χ1) is 8.20. The van der Waals surface area contributed by atoms with Gasteiger partial charge in [0, 0.05) is 11.7 Å². The van der Waals surface area contributed by atoms with Crippen LogP contribution in [0.4, 0.5) is 5.69 Å². The fraction of sp³-hybridized carbons (Fsp3) is 0.154. The van der Waals surface area contributed by atoms with Gasteiger partial charge in [0.1, 0.15) is 6.07 Å². The summed E-state index contributed by atoms with van der Waals surface area (Å²) in [5, 5.41) is 16.9. The van der Waals surface area contributed by atoms with E-state index in [2.05, 4.69) is 35.1 Å². The number of halogens is 1. The van der Waals surface area contributed by atoms with E-state index in [-0.39, 0.29) is 6.04 Å². The van der Waals surface area contributed by atoms with Crippen molar-refractivity contribution in [2.24, 2.45) is 0 Å². The van der Waals surface area contributed by atoms with Crippen molar-refractivity contribution >= 4 is 28.6 Å². The average molecular weight is 263 g/mol. The van der Waals surface area contributed by atoms with Gasteiger partial charge < -0.3 is 5.32 Å². The van der Waals surface area contributed by atoms with E-state index in [9.17, 15) is 0 Å². The SMILES string of the molecule is CC(Nc1ccc(Cl)c(C#N)c1)c1ccsc1. The average Bonchev–Trinajstić information content (AvgIpc) is 2.85. The Kier molecular flexibility index (Phi) is 3.68. The maximum absolute atomic E-state index is 8.90. The van der Waals surface area contributed by atoms with E-state index < -0.39 is 0 Å². The lowest BCUT2D eigenvalue weighted by Gasteiger charge is -2.14. The number of hydrogen-bond donors (Lipinski definition) is 1. The van der Waals surface area contributed by atoms with Crippen LogP contribution >= 0.6 is 22.9 Å². The van der Waals surface area contributed by atoms with E-state index >= 15 is 0 Å². The lowest BCUT2D eigenvalue weighted by Crippen LogP contribution is -2.05. The van der Waals surface area contributed by atoms with Crippen LogP contribution in [-0.2, 0) is 0 Å². The minimum absolute atomic E-state index is 0.217. The van der Waals surface area contributed by atoms with Crippen LogP contribution in [0, 0.1) is 11.3 Å². The second-order valence-electron chi connectivity index (χ2n) is 3.73. The Hall–Kier alpha value is -1.50. The molecular weight excluding hydrogens is 252 g/mol. The molecule has 0 aliphatic rings. The molecule has 1 heterocycles. The minimum atomic E-state index is 0.217. The van der Waals surface area contributed by atoms with Gasteiger partial charge in [0.05, 0.1) is 10.6 Å². The molecule has 1 unspecified atom stereocenters. The van der Waals surface area contributed by atoms with Crippen LogP contribution in [-0.4, -0.2) is 0 Å². The number of nitriles is 1. The highest BCUT2D eigenvalue weighted by Crippen LogP contribution is 2.24. The van der Waals surface area contributed by atoms with Gasteiger partial charge >= 0.3 is 0 Å². The maximum atomic E-state index is 8.90. The molecule has 86 valence electrons. The van der Waals surface area contributed by atoms with Crippen LogP contribution in [0.2, 0.25) is 5.02 Å². The topological polar surface area (TPSA) is 35.8 Å². The molecule has 0 fully saturated rings. The lowest BCUT2D eigenvalue weighted by molar-refractivity contribution is 0.890. The molecule has 1 aromatic heterocycles. The van der Waals surface area contributed by atoms with Crippen molar-refractivity contribution in [2.45, 2.75) is 13.0 Å². The summed E-state index contributed by atoms with van der Waals surface area (Å²) in [5.41, 5.74) is 2.64. The molecule has 0 saturated heterocycles. The molecule has 1 aromatic carbocycles. The van der Waals surface area contributed by atoms with Crippen molar-refractivity contribution in [1.29, 1.82) is 5.26 Å². The van der Waals surface area contributed by atoms with Crippen LogP contribution < -0.4 is 5.32 Å². The Bertz CT molecular complexity index is 543. The van der Waals surface area contributed by atoms with E-state index in [0.29, 0.717) is 10.6 Å². The Morgan fingerprint density at radius 2 is 2.24 bits per heavy atom. The fourth-order valence-electron chi connectivity index (χ4n) is 1.56. The summed E-state index contributed by atoms with van der Waals surface area (Å²) in [4.78, 5) is 0. The van der Waals surface area contributed by atoms with Crippen LogP contribution in [0.15, 0.2) is 35.0 Å². The van der Waals surface area contributed by atoms with Gasteiger partial charge in [0.25, 0.3) is 0 Å². The van der Waals surface area contributed by atoms with Gasteiger partial charge in [-0.3, -0.25) is 0 Å². The molecule has 2 rings (SSSR count). The van der Waals surface area contributed by atoms with E-state index in [1.54, 1.807) is 23.5 Å². The summed E-state index contributed by atoms with van der Waals surface area (Å²) in [7, 11) is 0. The van der Waals surface area contributed by atoms with Crippen molar-refractivity contribution in [2.75, 3.05) is 5.32 Å². The second kappa shape index (κ2) is 5.22. The number of anilines is 1. The zero-order chi connectivity index (χ0) is 12.3. The molecule has 0 amide bonds. The first kappa shape index (κ1) is 12.0. The van der Waals surface area contributed by atoms with E-state index in [4.69, 9.17) is 16.9 Å². The fourth-order valence-corrected chi connectivity index (χ4v) is 2.47. The van der Waals surface area contributed by atoms with Crippen molar-refractivity contribution < 1.29 is 0 Å². The number of nitrogens with zero attached hydrogens (tertiary/aromatic N) is 1. The quantitative estimate of drug-likeness (QED) is 0.887. The third-order valence-corrected chi connectivity index (χ3v) is 3.54. The third-order valence-electron chi connectivity index (χ3n) is 2.51. The predicted octanol–water partition coefficient (Wildman–Crippen LogP) is 4.45. The highest BCUT2D eigenvalue weighted by atomic mass is 35.5. The summed E-state index contributed by atoms with van der Waals surface area (Å²) < 4.78 is 0. The molecule has 4 heteroatoms. The highest BCUT2D eigenvalue weighted by molar-refractivity contribution is 7.07. The van der Waals surface area contributed by atoms with Crippen molar-refractivity contribution in [1.82, 2.24) is 0 Å². The zero-order valence-corrected chi connectivity index (χ0v) is 10.8. The first-order valence-electron chi connectivity index (χ1n) is 5.19. The van der Waals surface area contributed by atoms with Crippen molar-refractivity contribution in [3.63, 3.8) is 0 Å². The summed E-state index contributed by atoms with van der Waals surface area (Å²) in [5.74, 6) is 0. The summed E-state index contributed by atoms with van der Waals surface area (Å²) >= 11 is 7.56. The molecule has 0 saturated carbocycles. The molecule has 1 N–H and O–H groups in total. The van der Waals surface area contributed by atoms with Gasteiger partial charge in [-0.25, -0.2) is 0 Å². The smallest absolute Gasteiger partial charge is 0.101 e. The van der Waals surface area contributed by atoms with Gasteiger partial charge in [-0.1, -0.05) is 11.6 Å². The molecule has 1 atom stereocenters. The Morgan fingerprint density at radius 1 is 1.41 bits per heavy atom. The van der Waals surface area contributed by atoms with E-state index in [1.807, 2.05) is 6.07 Å². The number of hydrogen-bond acceptors (Lipinski definition) is 3. The van der Waals surface area contributed by atoms with Gasteiger partial charge in [-0.05, 0) is 47.5 Å². The molecule has 2 nitrogen and oxygen atoms in total. The molecule has 0 radical (unpaired) electrons. The first-order valence-corrected chi connectivity index (χ1v) is 6.51. The van der Waals surface area contributed by atoms with Gasteiger partial charge in [0.15, 0.2) is 0 Å². The Labute approximate surface area is 109 Å². The molecule has 2 aromatic rings. The van der Waals surface area contributed by atoms with Gasteiger partial charge in [-0.2, -0.15) is 16.6 Å². The molecule has 0 spiro atoms. The number of rotatable bonds is 3. The Balaban J connectivity index is 2.17. The van der Waals surface area contributed by atoms with Crippen LogP contribution in [0.1, 0.15) is 24.1 Å². The minimum Gasteiger partial charge on any atom is -0.378 e. The van der Waals surface area contributed by atoms with Crippen molar-refractivity contribution in [3.8, 4) is 6.07 Å². The number of thiophene rings is 1. The summed E-state index contributed by atoms with van der Waals surface area (Å²) in [6, 6.07) is 9.77. The maximum Gasteiger partial charge on any atom is 0.101 e. The predicted molar refractivity (Wildman–Crippen MR) is 72.5 cm³/mol. The highest BCUT2D eigenvalue weighted by Gasteiger charge is 2.07. The standard InChI is InChI=1S/C13H11ClN2S/c1-9(10-4-5-17-8-10)16-12-2-3-13(14)11(6-12)7-15/h2-6,8-9,16H,1H3. The molecule has 17 heavy (non-hydrogen) atoms. The normalized spacial score (nSPS) is 11.8. The summed E-state index contributed by atoms with van der Waals surface area (Å²) in [6.45, 7) is 2.09. The number of nitrogens with one attached hydrogen (secondary N) is 1. The second-order valence-corrected chi connectivity index (χ2v) is 4.92. The molecular formula is C13H11ClN2S. The monoisotopic (exact) mass is 262 g/mol. The molecule has 0 bridgehead atoms. The van der Waals surface area contributed by atoms with Crippen LogP contribution in [0.3, 0.4) is 0 Å². The Morgan fingerprint density at radius 3 is 2.88 bits per heavy atom. The number of benzene rings is 1. The van der Waals surface area contributed by atoms with Gasteiger partial charge in [0.2, 0.25) is 0 Å². The van der Waals surface area contributed by atoms with Crippen LogP contribution in [0.25, 0.3) is 0 Å². The largest absolute Gasteiger partial charge is 0.378 e. The zero-order valence-electron chi connectivity index (χ0n) is 9.27. The lowest BCUT2D eigenvalue weighted by atomic mass is 10.1. The van der Waals surface area contributed by atoms with E-state index in [1.165, 1.54) is 5.56 Å². The van der Waals surface area contributed by atoms with Gasteiger partial charge in [-0.15, -0.1) is 0 Å². The molecule has 0 aliphatic heterocycles. The summed E-state index contributed by atoms with van der Waals surface area (Å²) in [6.07, 6.45) is 0. The van der Waals surface area contributed by atoms with E-state index in [0.717, 1.165) is 5.69 Å². The van der Waals surface area contributed by atoms with Crippen molar-refractivity contribution in [3.05, 3.63) is 51.2 Å². The molecule has 0 aliphatic carbocycles. The van der Waals surface area contributed by atoms with Crippen LogP contribution in [0.5, 0.6) is 0 Å².